The summed E-state index contributed by atoms with van der Waals surface area (Å²) in [5, 5.41) is 0. The summed E-state index contributed by atoms with van der Waals surface area (Å²) in [6.07, 6.45) is 1.76. The van der Waals surface area contributed by atoms with E-state index in [4.69, 9.17) is 0 Å². The molecule has 0 spiro atoms. The van der Waals surface area contributed by atoms with Crippen molar-refractivity contribution in [3.63, 3.8) is 0 Å². The van der Waals surface area contributed by atoms with Gasteiger partial charge in [0.05, 0.1) is 11.7 Å². The van der Waals surface area contributed by atoms with Crippen LogP contribution in [0.2, 0.25) is 0 Å². The molecule has 1 fully saturated rings. The van der Waals surface area contributed by atoms with Crippen molar-refractivity contribution in [1.29, 1.82) is 0 Å². The molecular formula is C7H13NO3S. The number of rotatable bonds is 2. The molecular weight excluding hydrogens is 178 g/mol. The van der Waals surface area contributed by atoms with Gasteiger partial charge in [0.1, 0.15) is 0 Å². The first-order chi connectivity index (χ1) is 5.26. The molecule has 1 N–H and O–H groups in total. The molecule has 12 heavy (non-hydrogen) atoms. The topological polar surface area (TPSA) is 63.2 Å². The largest absolute Gasteiger partial charge is 0.273 e. The van der Waals surface area contributed by atoms with Crippen molar-refractivity contribution in [2.45, 2.75) is 20.3 Å². The Morgan fingerprint density at radius 1 is 1.58 bits per heavy atom. The quantitative estimate of drug-likeness (QED) is 0.673. The van der Waals surface area contributed by atoms with Gasteiger partial charge in [-0.25, -0.2) is 8.42 Å². The van der Waals surface area contributed by atoms with Gasteiger partial charge in [0.2, 0.25) is 15.9 Å². The Bertz CT molecular complexity index is 309. The lowest BCUT2D eigenvalue weighted by molar-refractivity contribution is -0.124. The summed E-state index contributed by atoms with van der Waals surface area (Å²) in [5.74, 6) is -0.0863. The average Bonchev–Trinajstić information content (AvgIpc) is 2.37. The van der Waals surface area contributed by atoms with E-state index >= 15 is 0 Å². The number of amides is 1. The lowest BCUT2D eigenvalue weighted by atomic mass is 10.1. The highest BCUT2D eigenvalue weighted by Crippen LogP contribution is 2.51. The maximum atomic E-state index is 11.3. The lowest BCUT2D eigenvalue weighted by Crippen LogP contribution is -2.35. The van der Waals surface area contributed by atoms with Crippen LogP contribution in [0.15, 0.2) is 0 Å². The lowest BCUT2D eigenvalue weighted by Gasteiger charge is -2.08. The van der Waals surface area contributed by atoms with Crippen molar-refractivity contribution in [2.24, 2.45) is 11.3 Å². The predicted molar refractivity (Wildman–Crippen MR) is 44.9 cm³/mol. The minimum atomic E-state index is -3.39. The summed E-state index contributed by atoms with van der Waals surface area (Å²) >= 11 is 0. The molecule has 0 aromatic heterocycles. The predicted octanol–water partition coefficient (Wildman–Crippen LogP) is 0.108. The minimum absolute atomic E-state index is 0.291. The Labute approximate surface area is 72.4 Å². The standard InChI is InChI=1S/C7H13NO3S/c1-5-4-7(5,2)6(9)8-12(3,10)11/h5H,4H2,1-3H3,(H,8,9). The van der Waals surface area contributed by atoms with E-state index in [1.54, 1.807) is 6.92 Å². The van der Waals surface area contributed by atoms with Gasteiger partial charge >= 0.3 is 0 Å². The molecule has 0 aromatic rings. The summed E-state index contributed by atoms with van der Waals surface area (Å²) < 4.78 is 23.4. The average molecular weight is 191 g/mol. The Morgan fingerprint density at radius 2 is 2.00 bits per heavy atom. The zero-order valence-electron chi connectivity index (χ0n) is 7.42. The van der Waals surface area contributed by atoms with E-state index < -0.39 is 15.4 Å². The molecule has 0 heterocycles. The van der Waals surface area contributed by atoms with E-state index in [0.717, 1.165) is 12.7 Å². The third-order valence-corrected chi connectivity index (χ3v) is 3.01. The summed E-state index contributed by atoms with van der Waals surface area (Å²) in [6, 6.07) is 0. The number of nitrogens with one attached hydrogen (secondary N) is 1. The molecule has 1 saturated carbocycles. The second kappa shape index (κ2) is 2.45. The van der Waals surface area contributed by atoms with Crippen molar-refractivity contribution in [3.8, 4) is 0 Å². The normalized spacial score (nSPS) is 34.4. The molecule has 1 aliphatic carbocycles. The molecule has 1 amide bonds. The number of hydrogen-bond donors (Lipinski definition) is 1. The first-order valence-electron chi connectivity index (χ1n) is 3.78. The van der Waals surface area contributed by atoms with Gasteiger partial charge in [-0.3, -0.25) is 9.52 Å². The van der Waals surface area contributed by atoms with Crippen LogP contribution in [-0.2, 0) is 14.8 Å². The molecule has 1 rings (SSSR count). The smallest absolute Gasteiger partial charge is 0.239 e. The van der Waals surface area contributed by atoms with Crippen LogP contribution < -0.4 is 4.72 Å². The second-order valence-electron chi connectivity index (χ2n) is 3.73. The monoisotopic (exact) mass is 191 g/mol. The van der Waals surface area contributed by atoms with Crippen LogP contribution >= 0.6 is 0 Å². The van der Waals surface area contributed by atoms with E-state index in [0.29, 0.717) is 5.92 Å². The summed E-state index contributed by atoms with van der Waals surface area (Å²) in [7, 11) is -3.39. The van der Waals surface area contributed by atoms with Crippen molar-refractivity contribution < 1.29 is 13.2 Å². The maximum Gasteiger partial charge on any atom is 0.239 e. The van der Waals surface area contributed by atoms with Crippen LogP contribution in [0.5, 0.6) is 0 Å². The molecule has 0 aliphatic heterocycles. The number of sulfonamides is 1. The Hall–Kier alpha value is -0.580. The fraction of sp³-hybridized carbons (Fsp3) is 0.857. The minimum Gasteiger partial charge on any atom is -0.273 e. The van der Waals surface area contributed by atoms with E-state index in [-0.39, 0.29) is 5.91 Å². The van der Waals surface area contributed by atoms with Gasteiger partial charge in [-0.15, -0.1) is 0 Å². The summed E-state index contributed by atoms with van der Waals surface area (Å²) in [5.41, 5.74) is -0.455. The molecule has 5 heteroatoms. The van der Waals surface area contributed by atoms with Crippen LogP contribution in [0.4, 0.5) is 0 Å². The first-order valence-corrected chi connectivity index (χ1v) is 5.67. The van der Waals surface area contributed by atoms with Gasteiger partial charge in [-0.2, -0.15) is 0 Å². The molecule has 4 nitrogen and oxygen atoms in total. The zero-order chi connectivity index (χ0) is 9.57. The highest BCUT2D eigenvalue weighted by atomic mass is 32.2. The van der Waals surface area contributed by atoms with Crippen molar-refractivity contribution in [2.75, 3.05) is 6.26 Å². The maximum absolute atomic E-state index is 11.3. The fourth-order valence-electron chi connectivity index (χ4n) is 1.18. The Morgan fingerprint density at radius 3 is 2.25 bits per heavy atom. The van der Waals surface area contributed by atoms with Gasteiger partial charge in [0.25, 0.3) is 0 Å². The van der Waals surface area contributed by atoms with Crippen LogP contribution in [0, 0.1) is 11.3 Å². The number of carbonyl (C=O) groups excluding carboxylic acids is 1. The van der Waals surface area contributed by atoms with E-state index in [2.05, 4.69) is 0 Å². The van der Waals surface area contributed by atoms with Crippen LogP contribution in [0.1, 0.15) is 20.3 Å². The molecule has 0 bridgehead atoms. The van der Waals surface area contributed by atoms with Crippen LogP contribution in [0.25, 0.3) is 0 Å². The van der Waals surface area contributed by atoms with Gasteiger partial charge in [-0.1, -0.05) is 13.8 Å². The molecule has 0 radical (unpaired) electrons. The third-order valence-electron chi connectivity index (χ3n) is 2.45. The van der Waals surface area contributed by atoms with E-state index in [9.17, 15) is 13.2 Å². The fourth-order valence-corrected chi connectivity index (χ4v) is 1.75. The highest BCUT2D eigenvalue weighted by Gasteiger charge is 2.53. The number of carbonyl (C=O) groups is 1. The molecule has 2 atom stereocenters. The Balaban J connectivity index is 2.63. The van der Waals surface area contributed by atoms with Crippen molar-refractivity contribution in [3.05, 3.63) is 0 Å². The summed E-state index contributed by atoms with van der Waals surface area (Å²) in [4.78, 5) is 11.3. The van der Waals surface area contributed by atoms with Crippen molar-refractivity contribution in [1.82, 2.24) is 4.72 Å². The molecule has 0 aromatic carbocycles. The molecule has 0 saturated heterocycles. The molecule has 2 unspecified atom stereocenters. The van der Waals surface area contributed by atoms with E-state index in [1.165, 1.54) is 0 Å². The van der Waals surface area contributed by atoms with Gasteiger partial charge in [-0.05, 0) is 12.3 Å². The van der Waals surface area contributed by atoms with Gasteiger partial charge < -0.3 is 0 Å². The third kappa shape index (κ3) is 1.77. The van der Waals surface area contributed by atoms with Crippen molar-refractivity contribution >= 4 is 15.9 Å². The summed E-state index contributed by atoms with van der Waals surface area (Å²) in [6.45, 7) is 3.71. The SMILES string of the molecule is CC1CC1(C)C(=O)NS(C)(=O)=O. The Kier molecular flexibility index (Phi) is 1.94. The molecule has 70 valence electrons. The number of hydrogen-bond acceptors (Lipinski definition) is 3. The van der Waals surface area contributed by atoms with E-state index in [1.807, 2.05) is 11.6 Å². The second-order valence-corrected chi connectivity index (χ2v) is 5.47. The van der Waals surface area contributed by atoms with Gasteiger partial charge in [0.15, 0.2) is 0 Å². The van der Waals surface area contributed by atoms with Crippen LogP contribution in [0.3, 0.4) is 0 Å². The highest BCUT2D eigenvalue weighted by molar-refractivity contribution is 7.89. The first kappa shape index (κ1) is 9.51. The zero-order valence-corrected chi connectivity index (χ0v) is 8.23. The van der Waals surface area contributed by atoms with Gasteiger partial charge in [0, 0.05) is 0 Å². The van der Waals surface area contributed by atoms with Crippen LogP contribution in [-0.4, -0.2) is 20.6 Å². The molecule has 1 aliphatic rings.